The van der Waals surface area contributed by atoms with Crippen LogP contribution in [0.4, 0.5) is 13.2 Å². The topological polar surface area (TPSA) is 58.4 Å². The lowest BCUT2D eigenvalue weighted by molar-refractivity contribution is -0.173. The molecule has 0 aliphatic carbocycles. The minimum absolute atomic E-state index is 0.0420. The van der Waals surface area contributed by atoms with Gasteiger partial charge in [0.1, 0.15) is 30.5 Å². The first-order chi connectivity index (χ1) is 15.5. The molecule has 0 saturated carbocycles. The molecule has 1 heterocycles. The summed E-state index contributed by atoms with van der Waals surface area (Å²) in [6.45, 7) is 5.09. The highest BCUT2D eigenvalue weighted by atomic mass is 19.4. The summed E-state index contributed by atoms with van der Waals surface area (Å²) in [4.78, 5) is 4.47. The van der Waals surface area contributed by atoms with Gasteiger partial charge < -0.3 is 14.2 Å². The summed E-state index contributed by atoms with van der Waals surface area (Å²) in [5.41, 5.74) is 1.94. The van der Waals surface area contributed by atoms with E-state index in [1.807, 2.05) is 24.3 Å². The average Bonchev–Trinajstić information content (AvgIpc) is 3.17. The number of hydrogen-bond donors (Lipinski definition) is 0. The van der Waals surface area contributed by atoms with Crippen molar-refractivity contribution in [3.8, 4) is 17.2 Å². The van der Waals surface area contributed by atoms with Crippen LogP contribution in [0.15, 0.2) is 48.5 Å². The second kappa shape index (κ2) is 10.2. The summed E-state index contributed by atoms with van der Waals surface area (Å²) in [5.74, 6) is 2.25. The fourth-order valence-corrected chi connectivity index (χ4v) is 3.10. The molecule has 33 heavy (non-hydrogen) atoms. The number of benzene rings is 2. The predicted octanol–water partition coefficient (Wildman–Crippen LogP) is 5.27. The SMILES string of the molecule is COc1ccc(-n2nc(COc3ccc(C(C)(C)C)cc3)nc2CCOCC(F)(F)F)cc1. The van der Waals surface area contributed by atoms with Crippen LogP contribution in [0.5, 0.6) is 11.5 Å². The van der Waals surface area contributed by atoms with Crippen molar-refractivity contribution in [1.82, 2.24) is 14.8 Å². The minimum Gasteiger partial charge on any atom is -0.497 e. The molecule has 0 unspecified atom stereocenters. The molecule has 0 spiro atoms. The lowest BCUT2D eigenvalue weighted by Crippen LogP contribution is -2.18. The van der Waals surface area contributed by atoms with Gasteiger partial charge in [0.2, 0.25) is 0 Å². The van der Waals surface area contributed by atoms with Gasteiger partial charge in [0.25, 0.3) is 0 Å². The molecule has 2 aromatic carbocycles. The van der Waals surface area contributed by atoms with Gasteiger partial charge in [0, 0.05) is 6.42 Å². The number of rotatable bonds is 9. The van der Waals surface area contributed by atoms with Crippen LogP contribution in [0.1, 0.15) is 38.0 Å². The largest absolute Gasteiger partial charge is 0.497 e. The molecular weight excluding hydrogens is 435 g/mol. The maximum Gasteiger partial charge on any atom is 0.411 e. The first-order valence-electron chi connectivity index (χ1n) is 10.5. The van der Waals surface area contributed by atoms with E-state index in [0.29, 0.717) is 28.8 Å². The molecule has 3 rings (SSSR count). The first-order valence-corrected chi connectivity index (χ1v) is 10.5. The Hall–Kier alpha value is -3.07. The molecule has 0 saturated heterocycles. The molecular formula is C24H28F3N3O3. The van der Waals surface area contributed by atoms with E-state index < -0.39 is 12.8 Å². The van der Waals surface area contributed by atoms with E-state index in [1.165, 1.54) is 5.56 Å². The summed E-state index contributed by atoms with van der Waals surface area (Å²) in [6, 6.07) is 15.0. The third-order valence-corrected chi connectivity index (χ3v) is 4.86. The normalized spacial score (nSPS) is 12.1. The van der Waals surface area contributed by atoms with Crippen molar-refractivity contribution in [3.63, 3.8) is 0 Å². The second-order valence-corrected chi connectivity index (χ2v) is 8.53. The van der Waals surface area contributed by atoms with Crippen molar-refractivity contribution in [3.05, 3.63) is 65.7 Å². The van der Waals surface area contributed by atoms with Crippen LogP contribution in [0.3, 0.4) is 0 Å². The molecule has 1 aromatic heterocycles. The highest BCUT2D eigenvalue weighted by Crippen LogP contribution is 2.25. The fourth-order valence-electron chi connectivity index (χ4n) is 3.10. The highest BCUT2D eigenvalue weighted by molar-refractivity contribution is 5.37. The Morgan fingerprint density at radius 2 is 1.55 bits per heavy atom. The number of methoxy groups -OCH3 is 1. The van der Waals surface area contributed by atoms with E-state index in [-0.39, 0.29) is 25.0 Å². The number of alkyl halides is 3. The molecule has 0 aliphatic heterocycles. The number of halogens is 3. The Kier molecular flexibility index (Phi) is 7.63. The molecule has 0 atom stereocenters. The van der Waals surface area contributed by atoms with Crippen LogP contribution in [0.25, 0.3) is 5.69 Å². The van der Waals surface area contributed by atoms with Crippen molar-refractivity contribution in [2.75, 3.05) is 20.3 Å². The fraction of sp³-hybridized carbons (Fsp3) is 0.417. The third kappa shape index (κ3) is 7.21. The van der Waals surface area contributed by atoms with Gasteiger partial charge in [-0.3, -0.25) is 0 Å². The number of aromatic nitrogens is 3. The van der Waals surface area contributed by atoms with Gasteiger partial charge in [-0.25, -0.2) is 9.67 Å². The summed E-state index contributed by atoms with van der Waals surface area (Å²) >= 11 is 0. The summed E-state index contributed by atoms with van der Waals surface area (Å²) in [6.07, 6.45) is -4.21. The monoisotopic (exact) mass is 463 g/mol. The van der Waals surface area contributed by atoms with Crippen molar-refractivity contribution in [2.45, 2.75) is 45.4 Å². The van der Waals surface area contributed by atoms with Crippen LogP contribution >= 0.6 is 0 Å². The van der Waals surface area contributed by atoms with E-state index in [4.69, 9.17) is 14.2 Å². The van der Waals surface area contributed by atoms with Crippen LogP contribution in [-0.2, 0) is 23.2 Å². The summed E-state index contributed by atoms with van der Waals surface area (Å²) in [5, 5.41) is 4.50. The van der Waals surface area contributed by atoms with Gasteiger partial charge >= 0.3 is 6.18 Å². The molecule has 9 heteroatoms. The van der Waals surface area contributed by atoms with E-state index in [1.54, 1.807) is 36.1 Å². The molecule has 0 aliphatic rings. The van der Waals surface area contributed by atoms with Gasteiger partial charge in [0.05, 0.1) is 19.4 Å². The van der Waals surface area contributed by atoms with Gasteiger partial charge in [0.15, 0.2) is 5.82 Å². The number of nitrogens with zero attached hydrogens (tertiary/aromatic N) is 3. The summed E-state index contributed by atoms with van der Waals surface area (Å²) in [7, 11) is 1.57. The Morgan fingerprint density at radius 3 is 2.12 bits per heavy atom. The van der Waals surface area contributed by atoms with Crippen LogP contribution in [0, 0.1) is 0 Å². The Balaban J connectivity index is 1.73. The molecule has 0 bridgehead atoms. The van der Waals surface area contributed by atoms with E-state index in [9.17, 15) is 13.2 Å². The van der Waals surface area contributed by atoms with Crippen molar-refractivity contribution in [2.24, 2.45) is 0 Å². The van der Waals surface area contributed by atoms with E-state index in [2.05, 4.69) is 30.9 Å². The van der Waals surface area contributed by atoms with Gasteiger partial charge in [-0.2, -0.15) is 13.2 Å². The Bertz CT molecular complexity index is 1020. The predicted molar refractivity (Wildman–Crippen MR) is 118 cm³/mol. The smallest absolute Gasteiger partial charge is 0.411 e. The molecule has 3 aromatic rings. The molecule has 0 N–H and O–H groups in total. The minimum atomic E-state index is -4.37. The van der Waals surface area contributed by atoms with Crippen molar-refractivity contribution < 1.29 is 27.4 Å². The lowest BCUT2D eigenvalue weighted by Gasteiger charge is -2.19. The zero-order chi connectivity index (χ0) is 24.1. The van der Waals surface area contributed by atoms with Gasteiger partial charge in [-0.15, -0.1) is 5.10 Å². The second-order valence-electron chi connectivity index (χ2n) is 8.53. The zero-order valence-corrected chi connectivity index (χ0v) is 19.1. The first kappa shape index (κ1) is 24.6. The molecule has 0 fully saturated rings. The lowest BCUT2D eigenvalue weighted by atomic mass is 9.87. The van der Waals surface area contributed by atoms with Gasteiger partial charge in [-0.05, 0) is 47.4 Å². The summed E-state index contributed by atoms with van der Waals surface area (Å²) < 4.78 is 54.4. The Morgan fingerprint density at radius 1 is 0.909 bits per heavy atom. The number of ether oxygens (including phenoxy) is 3. The standard InChI is InChI=1S/C24H28F3N3O3/c1-23(2,3)17-5-9-20(10-6-17)33-15-21-28-22(13-14-32-16-24(25,26)27)30(29-21)18-7-11-19(31-4)12-8-18/h5-12H,13-16H2,1-4H3. The molecule has 0 amide bonds. The molecule has 6 nitrogen and oxygen atoms in total. The maximum absolute atomic E-state index is 12.4. The van der Waals surface area contributed by atoms with Crippen molar-refractivity contribution in [1.29, 1.82) is 0 Å². The van der Waals surface area contributed by atoms with Gasteiger partial charge in [-0.1, -0.05) is 32.9 Å². The highest BCUT2D eigenvalue weighted by Gasteiger charge is 2.27. The zero-order valence-electron chi connectivity index (χ0n) is 19.1. The maximum atomic E-state index is 12.4. The Labute approximate surface area is 191 Å². The molecule has 0 radical (unpaired) electrons. The van der Waals surface area contributed by atoms with Crippen LogP contribution in [-0.4, -0.2) is 41.3 Å². The molecule has 178 valence electrons. The quantitative estimate of drug-likeness (QED) is 0.405. The van der Waals surface area contributed by atoms with Crippen LogP contribution < -0.4 is 9.47 Å². The number of hydrogen-bond acceptors (Lipinski definition) is 5. The van der Waals surface area contributed by atoms with E-state index >= 15 is 0 Å². The third-order valence-electron chi connectivity index (χ3n) is 4.86. The van der Waals surface area contributed by atoms with Crippen molar-refractivity contribution >= 4 is 0 Å². The average molecular weight is 464 g/mol. The van der Waals surface area contributed by atoms with E-state index in [0.717, 1.165) is 0 Å². The van der Waals surface area contributed by atoms with Crippen LogP contribution in [0.2, 0.25) is 0 Å².